The van der Waals surface area contributed by atoms with Gasteiger partial charge in [0.15, 0.2) is 0 Å². The summed E-state index contributed by atoms with van der Waals surface area (Å²) in [6, 6.07) is 79.4. The molecule has 5 aromatic heterocycles. The number of furan rings is 1. The van der Waals surface area contributed by atoms with Crippen molar-refractivity contribution in [1.29, 1.82) is 0 Å². The number of nitrogens with zero attached hydrogens (tertiary/aromatic N) is 4. The third-order valence-corrected chi connectivity index (χ3v) is 15.3. The predicted molar refractivity (Wildman–Crippen MR) is 291 cm³/mol. The van der Waals surface area contributed by atoms with Crippen LogP contribution >= 0.6 is 11.3 Å². The molecule has 0 aliphatic rings. The quantitative estimate of drug-likeness (QED) is 0.167. The first-order chi connectivity index (χ1) is 34.2. The first-order valence-corrected chi connectivity index (χ1v) is 24.1. The molecular weight excluding hydrogens is 861 g/mol. The normalized spacial score (nSPS) is 12.1. The molecule has 0 saturated heterocycles. The second-order valence-electron chi connectivity index (χ2n) is 18.0. The summed E-state index contributed by atoms with van der Waals surface area (Å²) in [5.41, 5.74) is 14.3. The van der Waals surface area contributed by atoms with Gasteiger partial charge in [-0.3, -0.25) is 4.98 Å². The number of para-hydroxylation sites is 3. The Balaban J connectivity index is 0.867. The Morgan fingerprint density at radius 2 is 1.03 bits per heavy atom. The third-order valence-electron chi connectivity index (χ3n) is 14.2. The summed E-state index contributed by atoms with van der Waals surface area (Å²) in [4.78, 5) is 6.86. The van der Waals surface area contributed by atoms with Crippen LogP contribution in [0.3, 0.4) is 0 Å². The van der Waals surface area contributed by atoms with E-state index in [2.05, 4.69) is 231 Å². The largest absolute Gasteiger partial charge is 0.455 e. The molecule has 0 aliphatic heterocycles. The summed E-state index contributed by atoms with van der Waals surface area (Å²) in [6.07, 6.45) is 3.85. The van der Waals surface area contributed by atoms with E-state index in [1.807, 2.05) is 29.8 Å². The Bertz CT molecular complexity index is 4490. The number of anilines is 3. The van der Waals surface area contributed by atoms with Gasteiger partial charge in [0.2, 0.25) is 0 Å². The van der Waals surface area contributed by atoms with Crippen LogP contribution in [0.15, 0.2) is 235 Å². The zero-order valence-corrected chi connectivity index (χ0v) is 37.9. The van der Waals surface area contributed by atoms with Crippen molar-refractivity contribution in [3.63, 3.8) is 0 Å². The number of rotatable bonds is 6. The molecule has 0 bridgehead atoms. The van der Waals surface area contributed by atoms with Crippen molar-refractivity contribution in [3.05, 3.63) is 231 Å². The van der Waals surface area contributed by atoms with Gasteiger partial charge in [-0.05, 0) is 138 Å². The lowest BCUT2D eigenvalue weighted by Crippen LogP contribution is -2.10. The minimum Gasteiger partial charge on any atom is -0.455 e. The minimum absolute atomic E-state index is 0.908. The zero-order valence-electron chi connectivity index (χ0n) is 37.0. The lowest BCUT2D eigenvalue weighted by atomic mass is 10.00. The van der Waals surface area contributed by atoms with Crippen LogP contribution in [0.25, 0.3) is 119 Å². The van der Waals surface area contributed by atoms with Crippen molar-refractivity contribution in [2.24, 2.45) is 0 Å². The van der Waals surface area contributed by atoms with E-state index < -0.39 is 0 Å². The smallest absolute Gasteiger partial charge is 0.143 e. The molecule has 10 aromatic carbocycles. The predicted octanol–water partition coefficient (Wildman–Crippen LogP) is 17.8. The molecule has 69 heavy (non-hydrogen) atoms. The lowest BCUT2D eigenvalue weighted by Gasteiger charge is -2.26. The molecule has 0 radical (unpaired) electrons. The maximum atomic E-state index is 6.56. The number of pyridine rings is 1. The molecule has 15 rings (SSSR count). The van der Waals surface area contributed by atoms with Crippen molar-refractivity contribution in [1.82, 2.24) is 14.1 Å². The summed E-state index contributed by atoms with van der Waals surface area (Å²) in [5, 5.41) is 11.9. The highest BCUT2D eigenvalue weighted by Gasteiger charge is 2.20. The Morgan fingerprint density at radius 1 is 0.377 bits per heavy atom. The van der Waals surface area contributed by atoms with Crippen molar-refractivity contribution < 1.29 is 4.42 Å². The molecule has 0 saturated carbocycles. The Labute approximate surface area is 399 Å². The standard InChI is InChI=1S/C63H38N4OS/c1-2-10-42(11-3-1)67-57-30-21-40(34-52(57)53-35-41-20-29-50-48-13-5-8-16-60(48)68-63(50)51(41)37-59(53)67)39-18-22-43(23-19-39)65(46-28-31-62-54(36-46)49-14-6-9-17-61(49)69-62)44-24-26-45(27-25-44)66-56-15-7-4-12-47(56)55-38-64-33-32-58(55)66/h1-38H. The number of hydrogen-bond donors (Lipinski definition) is 0. The van der Waals surface area contributed by atoms with Gasteiger partial charge < -0.3 is 18.5 Å². The van der Waals surface area contributed by atoms with Gasteiger partial charge in [-0.2, -0.15) is 0 Å². The molecular formula is C63H38N4OS. The second-order valence-corrected chi connectivity index (χ2v) is 19.0. The van der Waals surface area contributed by atoms with Crippen molar-refractivity contribution in [2.45, 2.75) is 0 Å². The third kappa shape index (κ3) is 5.79. The topological polar surface area (TPSA) is 39.1 Å². The van der Waals surface area contributed by atoms with Gasteiger partial charge in [0.25, 0.3) is 0 Å². The van der Waals surface area contributed by atoms with Crippen LogP contribution in [0.5, 0.6) is 0 Å². The number of hydrogen-bond acceptors (Lipinski definition) is 4. The first kappa shape index (κ1) is 38.2. The number of thiophene rings is 1. The molecule has 15 aromatic rings. The number of fused-ring (bicyclic) bond motifs is 14. The van der Waals surface area contributed by atoms with Crippen LogP contribution in [0.1, 0.15) is 0 Å². The van der Waals surface area contributed by atoms with E-state index in [4.69, 9.17) is 4.42 Å². The van der Waals surface area contributed by atoms with Crippen molar-refractivity contribution in [3.8, 4) is 22.5 Å². The summed E-state index contributed by atoms with van der Waals surface area (Å²) in [5.74, 6) is 0. The van der Waals surface area contributed by atoms with Gasteiger partial charge in [-0.1, -0.05) is 97.1 Å². The maximum absolute atomic E-state index is 6.56. The monoisotopic (exact) mass is 898 g/mol. The van der Waals surface area contributed by atoms with Crippen LogP contribution in [-0.4, -0.2) is 14.1 Å². The lowest BCUT2D eigenvalue weighted by molar-refractivity contribution is 0.672. The molecule has 0 N–H and O–H groups in total. The summed E-state index contributed by atoms with van der Waals surface area (Å²) in [6.45, 7) is 0. The molecule has 322 valence electrons. The summed E-state index contributed by atoms with van der Waals surface area (Å²) in [7, 11) is 0. The fraction of sp³-hybridized carbons (Fsp3) is 0. The van der Waals surface area contributed by atoms with Gasteiger partial charge in [0.1, 0.15) is 11.2 Å². The van der Waals surface area contributed by atoms with Gasteiger partial charge in [0.05, 0.1) is 22.1 Å². The van der Waals surface area contributed by atoms with E-state index in [0.717, 1.165) is 99.7 Å². The van der Waals surface area contributed by atoms with E-state index in [1.54, 1.807) is 0 Å². The van der Waals surface area contributed by atoms with E-state index in [1.165, 1.54) is 36.3 Å². The van der Waals surface area contributed by atoms with Crippen LogP contribution < -0.4 is 4.90 Å². The minimum atomic E-state index is 0.908. The van der Waals surface area contributed by atoms with Gasteiger partial charge >= 0.3 is 0 Å². The molecule has 6 heteroatoms. The van der Waals surface area contributed by atoms with E-state index in [9.17, 15) is 0 Å². The molecule has 0 spiro atoms. The molecule has 5 heterocycles. The van der Waals surface area contributed by atoms with E-state index >= 15 is 0 Å². The molecule has 0 aliphatic carbocycles. The van der Waals surface area contributed by atoms with Crippen molar-refractivity contribution in [2.75, 3.05) is 4.90 Å². The fourth-order valence-corrected chi connectivity index (χ4v) is 12.1. The highest BCUT2D eigenvalue weighted by molar-refractivity contribution is 7.25. The van der Waals surface area contributed by atoms with Crippen LogP contribution in [0.4, 0.5) is 17.1 Å². The second kappa shape index (κ2) is 14.8. The average Bonchev–Trinajstić information content (AvgIpc) is 4.16. The first-order valence-electron chi connectivity index (χ1n) is 23.3. The van der Waals surface area contributed by atoms with E-state index in [-0.39, 0.29) is 0 Å². The van der Waals surface area contributed by atoms with Gasteiger partial charge in [0, 0.05) is 98.7 Å². The number of benzene rings is 10. The van der Waals surface area contributed by atoms with Crippen LogP contribution in [0.2, 0.25) is 0 Å². The Hall–Kier alpha value is -8.97. The van der Waals surface area contributed by atoms with Gasteiger partial charge in [-0.15, -0.1) is 11.3 Å². The van der Waals surface area contributed by atoms with Gasteiger partial charge in [-0.25, -0.2) is 0 Å². The SMILES string of the molecule is c1ccc(-n2c3ccc(-c4ccc(N(c5ccc(-n6c7ccccc7c7cnccc76)cc5)c5ccc6sc7ccccc7c6c5)cc4)cc3c3cc4ccc5c6ccccc6oc5c4cc32)cc1. The Morgan fingerprint density at radius 3 is 1.90 bits per heavy atom. The maximum Gasteiger partial charge on any atom is 0.143 e. The molecule has 0 fully saturated rings. The summed E-state index contributed by atoms with van der Waals surface area (Å²) < 4.78 is 13.9. The number of aromatic nitrogens is 3. The van der Waals surface area contributed by atoms with E-state index in [0.29, 0.717) is 0 Å². The summed E-state index contributed by atoms with van der Waals surface area (Å²) >= 11 is 1.85. The molecule has 0 amide bonds. The molecule has 0 atom stereocenters. The highest BCUT2D eigenvalue weighted by atomic mass is 32.1. The molecule has 0 unspecified atom stereocenters. The van der Waals surface area contributed by atoms with Crippen LogP contribution in [0, 0.1) is 0 Å². The highest BCUT2D eigenvalue weighted by Crippen LogP contribution is 2.44. The average molecular weight is 899 g/mol. The van der Waals surface area contributed by atoms with Crippen LogP contribution in [-0.2, 0) is 0 Å². The fourth-order valence-electron chi connectivity index (χ4n) is 11.0. The van der Waals surface area contributed by atoms with Crippen molar-refractivity contribution >= 4 is 125 Å². The Kier molecular flexibility index (Phi) is 8.17. The zero-order chi connectivity index (χ0) is 45.2. The molecule has 5 nitrogen and oxygen atoms in total.